The summed E-state index contributed by atoms with van der Waals surface area (Å²) in [7, 11) is 1.35. The van der Waals surface area contributed by atoms with Gasteiger partial charge in [0.05, 0.1) is 7.11 Å². The molecule has 0 aliphatic heterocycles. The molecule has 0 spiro atoms. The van der Waals surface area contributed by atoms with Crippen molar-refractivity contribution < 1.29 is 14.3 Å². The Morgan fingerprint density at radius 1 is 1.35 bits per heavy atom. The number of rotatable bonds is 5. The molecule has 0 saturated carbocycles. The lowest BCUT2D eigenvalue weighted by atomic mass is 10.1. The van der Waals surface area contributed by atoms with Crippen LogP contribution in [0.3, 0.4) is 0 Å². The SMILES string of the molecule is C=C(C)CC(Oc1ccc(C)cc1)C(=O)OC. The van der Waals surface area contributed by atoms with Crippen molar-refractivity contribution in [2.24, 2.45) is 0 Å². The second-order valence-electron chi connectivity index (χ2n) is 4.10. The number of carbonyl (C=O) groups excluding carboxylic acids is 1. The maximum atomic E-state index is 11.5. The largest absolute Gasteiger partial charge is 0.478 e. The Labute approximate surface area is 102 Å². The van der Waals surface area contributed by atoms with E-state index in [0.717, 1.165) is 11.1 Å². The van der Waals surface area contributed by atoms with Crippen LogP contribution in [0.25, 0.3) is 0 Å². The highest BCUT2D eigenvalue weighted by molar-refractivity contribution is 5.75. The minimum atomic E-state index is -0.625. The van der Waals surface area contributed by atoms with Gasteiger partial charge in [-0.15, -0.1) is 0 Å². The Morgan fingerprint density at radius 2 is 1.94 bits per heavy atom. The Bertz CT molecular complexity index is 392. The lowest BCUT2D eigenvalue weighted by Crippen LogP contribution is -2.28. The van der Waals surface area contributed by atoms with E-state index in [2.05, 4.69) is 6.58 Å². The van der Waals surface area contributed by atoms with Crippen molar-refractivity contribution in [1.82, 2.24) is 0 Å². The molecule has 1 aromatic carbocycles. The van der Waals surface area contributed by atoms with Crippen LogP contribution in [-0.4, -0.2) is 19.2 Å². The van der Waals surface area contributed by atoms with Gasteiger partial charge in [0, 0.05) is 6.42 Å². The Hall–Kier alpha value is -1.77. The Morgan fingerprint density at radius 3 is 2.41 bits per heavy atom. The maximum Gasteiger partial charge on any atom is 0.347 e. The van der Waals surface area contributed by atoms with Gasteiger partial charge >= 0.3 is 5.97 Å². The van der Waals surface area contributed by atoms with Gasteiger partial charge in [-0.25, -0.2) is 4.79 Å². The lowest BCUT2D eigenvalue weighted by molar-refractivity contribution is -0.148. The number of aryl methyl sites for hydroxylation is 1. The average molecular weight is 234 g/mol. The summed E-state index contributed by atoms with van der Waals surface area (Å²) in [6.45, 7) is 7.63. The molecule has 0 bridgehead atoms. The van der Waals surface area contributed by atoms with Gasteiger partial charge in [0.1, 0.15) is 5.75 Å². The van der Waals surface area contributed by atoms with Crippen LogP contribution in [0.1, 0.15) is 18.9 Å². The van der Waals surface area contributed by atoms with Crippen LogP contribution < -0.4 is 4.74 Å². The van der Waals surface area contributed by atoms with Gasteiger partial charge in [0.25, 0.3) is 0 Å². The van der Waals surface area contributed by atoms with Crippen LogP contribution in [0.4, 0.5) is 0 Å². The highest BCUT2D eigenvalue weighted by Crippen LogP contribution is 2.17. The molecule has 1 atom stereocenters. The van der Waals surface area contributed by atoms with Crippen LogP contribution in [0, 0.1) is 6.92 Å². The van der Waals surface area contributed by atoms with E-state index in [1.54, 1.807) is 0 Å². The van der Waals surface area contributed by atoms with Crippen molar-refractivity contribution >= 4 is 5.97 Å². The molecular formula is C14H18O3. The summed E-state index contributed by atoms with van der Waals surface area (Å²) in [6.07, 6.45) is -0.166. The molecule has 1 unspecified atom stereocenters. The second kappa shape index (κ2) is 6.09. The Kier molecular flexibility index (Phi) is 4.76. The third-order valence-electron chi connectivity index (χ3n) is 2.30. The van der Waals surface area contributed by atoms with Crippen molar-refractivity contribution in [2.45, 2.75) is 26.4 Å². The zero-order chi connectivity index (χ0) is 12.8. The summed E-state index contributed by atoms with van der Waals surface area (Å²) >= 11 is 0. The lowest BCUT2D eigenvalue weighted by Gasteiger charge is -2.17. The summed E-state index contributed by atoms with van der Waals surface area (Å²) in [5.41, 5.74) is 2.03. The smallest absolute Gasteiger partial charge is 0.347 e. The van der Waals surface area contributed by atoms with Gasteiger partial charge in [-0.05, 0) is 26.0 Å². The van der Waals surface area contributed by atoms with E-state index >= 15 is 0 Å². The molecule has 0 amide bonds. The molecule has 0 N–H and O–H groups in total. The van der Waals surface area contributed by atoms with Crippen LogP contribution in [0.2, 0.25) is 0 Å². The first-order valence-corrected chi connectivity index (χ1v) is 5.48. The molecule has 0 saturated heterocycles. The molecule has 3 heteroatoms. The summed E-state index contributed by atoms with van der Waals surface area (Å²) < 4.78 is 10.3. The number of benzene rings is 1. The van der Waals surface area contributed by atoms with Gasteiger partial charge < -0.3 is 9.47 Å². The fraction of sp³-hybridized carbons (Fsp3) is 0.357. The number of esters is 1. The topological polar surface area (TPSA) is 35.5 Å². The van der Waals surface area contributed by atoms with E-state index < -0.39 is 6.10 Å². The van der Waals surface area contributed by atoms with Gasteiger partial charge in [-0.2, -0.15) is 0 Å². The molecule has 0 aromatic heterocycles. The predicted molar refractivity (Wildman–Crippen MR) is 67.0 cm³/mol. The maximum absolute atomic E-state index is 11.5. The van der Waals surface area contributed by atoms with E-state index in [1.165, 1.54) is 7.11 Å². The van der Waals surface area contributed by atoms with E-state index in [0.29, 0.717) is 12.2 Å². The molecular weight excluding hydrogens is 216 g/mol. The number of methoxy groups -OCH3 is 1. The number of carbonyl (C=O) groups is 1. The van der Waals surface area contributed by atoms with Gasteiger partial charge in [-0.1, -0.05) is 29.8 Å². The monoisotopic (exact) mass is 234 g/mol. The molecule has 0 aliphatic rings. The minimum Gasteiger partial charge on any atom is -0.478 e. The van der Waals surface area contributed by atoms with E-state index in [1.807, 2.05) is 38.1 Å². The van der Waals surface area contributed by atoms with E-state index in [9.17, 15) is 4.79 Å². The summed E-state index contributed by atoms with van der Waals surface area (Å²) in [5.74, 6) is 0.279. The molecule has 1 rings (SSSR count). The first-order valence-electron chi connectivity index (χ1n) is 5.48. The quantitative estimate of drug-likeness (QED) is 0.580. The average Bonchev–Trinajstić information content (AvgIpc) is 2.29. The van der Waals surface area contributed by atoms with Gasteiger partial charge in [0.2, 0.25) is 0 Å². The zero-order valence-corrected chi connectivity index (χ0v) is 10.5. The third kappa shape index (κ3) is 4.31. The third-order valence-corrected chi connectivity index (χ3v) is 2.30. The second-order valence-corrected chi connectivity index (χ2v) is 4.10. The van der Waals surface area contributed by atoms with Crippen LogP contribution in [0.15, 0.2) is 36.4 Å². The molecule has 0 radical (unpaired) electrons. The zero-order valence-electron chi connectivity index (χ0n) is 10.5. The van der Waals surface area contributed by atoms with Crippen molar-refractivity contribution in [2.75, 3.05) is 7.11 Å². The molecule has 3 nitrogen and oxygen atoms in total. The number of ether oxygens (including phenoxy) is 2. The molecule has 0 fully saturated rings. The van der Waals surface area contributed by atoms with Crippen molar-refractivity contribution in [3.63, 3.8) is 0 Å². The first kappa shape index (κ1) is 13.3. The van der Waals surface area contributed by atoms with Crippen LogP contribution in [0.5, 0.6) is 5.75 Å². The fourth-order valence-electron chi connectivity index (χ4n) is 1.40. The predicted octanol–water partition coefficient (Wildman–Crippen LogP) is 2.88. The summed E-state index contributed by atoms with van der Waals surface area (Å²) in [4.78, 5) is 11.5. The number of hydrogen-bond acceptors (Lipinski definition) is 3. The Balaban J connectivity index is 2.75. The standard InChI is InChI=1S/C14H18O3/c1-10(2)9-13(14(15)16-4)17-12-7-5-11(3)6-8-12/h5-8,13H,1,9H2,2-4H3. The van der Waals surface area contributed by atoms with Crippen LogP contribution in [-0.2, 0) is 9.53 Å². The highest BCUT2D eigenvalue weighted by Gasteiger charge is 2.21. The minimum absolute atomic E-state index is 0.381. The molecule has 17 heavy (non-hydrogen) atoms. The van der Waals surface area contributed by atoms with Crippen molar-refractivity contribution in [3.8, 4) is 5.75 Å². The van der Waals surface area contributed by atoms with Crippen molar-refractivity contribution in [1.29, 1.82) is 0 Å². The van der Waals surface area contributed by atoms with Crippen molar-refractivity contribution in [3.05, 3.63) is 42.0 Å². The van der Waals surface area contributed by atoms with E-state index in [4.69, 9.17) is 9.47 Å². The molecule has 92 valence electrons. The summed E-state index contributed by atoms with van der Waals surface area (Å²) in [5, 5.41) is 0. The number of hydrogen-bond donors (Lipinski definition) is 0. The first-order chi connectivity index (χ1) is 8.02. The van der Waals surface area contributed by atoms with Gasteiger partial charge in [-0.3, -0.25) is 0 Å². The van der Waals surface area contributed by atoms with Gasteiger partial charge in [0.15, 0.2) is 6.10 Å². The van der Waals surface area contributed by atoms with E-state index in [-0.39, 0.29) is 5.97 Å². The fourth-order valence-corrected chi connectivity index (χ4v) is 1.40. The molecule has 0 heterocycles. The molecule has 1 aromatic rings. The normalized spacial score (nSPS) is 11.7. The molecule has 0 aliphatic carbocycles. The highest BCUT2D eigenvalue weighted by atomic mass is 16.6. The summed E-state index contributed by atoms with van der Waals surface area (Å²) in [6, 6.07) is 7.54. The van der Waals surface area contributed by atoms with Crippen LogP contribution >= 0.6 is 0 Å².